The molecule has 0 aromatic heterocycles. The van der Waals surface area contributed by atoms with Gasteiger partial charge < -0.3 is 5.73 Å². The van der Waals surface area contributed by atoms with Crippen molar-refractivity contribution < 1.29 is 12.8 Å². The molecule has 0 amide bonds. The van der Waals surface area contributed by atoms with Gasteiger partial charge in [-0.3, -0.25) is 4.72 Å². The smallest absolute Gasteiger partial charge is 0.264 e. The van der Waals surface area contributed by atoms with Crippen molar-refractivity contribution in [2.75, 3.05) is 10.5 Å². The molecule has 0 fully saturated rings. The zero-order valence-electron chi connectivity index (χ0n) is 11.2. The van der Waals surface area contributed by atoms with Crippen LogP contribution in [0.2, 0.25) is 0 Å². The van der Waals surface area contributed by atoms with Crippen molar-refractivity contribution >= 4 is 21.4 Å². The first-order chi connectivity index (χ1) is 9.83. The lowest BCUT2D eigenvalue weighted by Gasteiger charge is -2.11. The minimum Gasteiger partial charge on any atom is -0.399 e. The van der Waals surface area contributed by atoms with E-state index in [1.165, 1.54) is 25.1 Å². The predicted molar refractivity (Wildman–Crippen MR) is 80.7 cm³/mol. The predicted octanol–water partition coefficient (Wildman–Crippen LogP) is 2.50. The van der Waals surface area contributed by atoms with Gasteiger partial charge in [-0.25, -0.2) is 12.8 Å². The Labute approximate surface area is 122 Å². The Morgan fingerprint density at radius 3 is 2.67 bits per heavy atom. The fourth-order valence-electron chi connectivity index (χ4n) is 1.84. The zero-order chi connectivity index (χ0) is 15.6. The van der Waals surface area contributed by atoms with Crippen LogP contribution in [-0.2, 0) is 10.0 Å². The van der Waals surface area contributed by atoms with Gasteiger partial charge in [-0.2, -0.15) is 0 Å². The van der Waals surface area contributed by atoms with E-state index in [2.05, 4.69) is 10.6 Å². The van der Waals surface area contributed by atoms with Crippen LogP contribution in [0.3, 0.4) is 0 Å². The summed E-state index contributed by atoms with van der Waals surface area (Å²) >= 11 is 0. The molecule has 0 atom stereocenters. The van der Waals surface area contributed by atoms with Gasteiger partial charge in [0.2, 0.25) is 0 Å². The first kappa shape index (κ1) is 14.9. The number of nitrogens with two attached hydrogens (primary N) is 1. The largest absolute Gasteiger partial charge is 0.399 e. The molecule has 3 N–H and O–H groups in total. The van der Waals surface area contributed by atoms with Crippen molar-refractivity contribution in [2.45, 2.75) is 11.8 Å². The standard InChI is InChI=1S/C15H13FN2O2S/c1-3-11-5-4-6-13(8-11)18-21(19,20)14-9-12(17)7-10(2)15(14)16/h1,4-9,18H,17H2,2H3. The van der Waals surface area contributed by atoms with Gasteiger partial charge in [0, 0.05) is 11.3 Å². The number of aryl methyl sites for hydroxylation is 1. The molecule has 2 rings (SSSR count). The minimum absolute atomic E-state index is 0.160. The Kier molecular flexibility index (Phi) is 3.87. The SMILES string of the molecule is C#Cc1cccc(NS(=O)(=O)c2cc(N)cc(C)c2F)c1. The van der Waals surface area contributed by atoms with Crippen LogP contribution in [0.5, 0.6) is 0 Å². The molecule has 0 saturated carbocycles. The monoisotopic (exact) mass is 304 g/mol. The summed E-state index contributed by atoms with van der Waals surface area (Å²) in [5.41, 5.74) is 6.68. The second-order valence-corrected chi connectivity index (χ2v) is 6.13. The van der Waals surface area contributed by atoms with E-state index < -0.39 is 20.7 Å². The van der Waals surface area contributed by atoms with Gasteiger partial charge in [0.1, 0.15) is 10.7 Å². The van der Waals surface area contributed by atoms with Crippen LogP contribution in [0, 0.1) is 25.1 Å². The number of hydrogen-bond donors (Lipinski definition) is 2. The van der Waals surface area contributed by atoms with E-state index in [0.717, 1.165) is 6.07 Å². The Bertz CT molecular complexity index is 839. The molecule has 0 aliphatic rings. The van der Waals surface area contributed by atoms with Gasteiger partial charge >= 0.3 is 0 Å². The van der Waals surface area contributed by atoms with Gasteiger partial charge in [-0.15, -0.1) is 6.42 Å². The topological polar surface area (TPSA) is 72.2 Å². The highest BCUT2D eigenvalue weighted by atomic mass is 32.2. The van der Waals surface area contributed by atoms with Crippen molar-refractivity contribution in [2.24, 2.45) is 0 Å². The number of rotatable bonds is 3. The van der Waals surface area contributed by atoms with Gasteiger partial charge in [0.25, 0.3) is 10.0 Å². The van der Waals surface area contributed by atoms with Crippen molar-refractivity contribution in [1.82, 2.24) is 0 Å². The average molecular weight is 304 g/mol. The molecule has 0 bridgehead atoms. The van der Waals surface area contributed by atoms with E-state index in [1.54, 1.807) is 12.1 Å². The van der Waals surface area contributed by atoms with Gasteiger partial charge in [-0.05, 0) is 42.8 Å². The first-order valence-electron chi connectivity index (χ1n) is 5.98. The Hall–Kier alpha value is -2.52. The average Bonchev–Trinajstić information content (AvgIpc) is 2.42. The molecule has 6 heteroatoms. The molecule has 0 unspecified atom stereocenters. The molecule has 0 aliphatic carbocycles. The summed E-state index contributed by atoms with van der Waals surface area (Å²) in [4.78, 5) is -0.494. The zero-order valence-corrected chi connectivity index (χ0v) is 12.0. The highest BCUT2D eigenvalue weighted by Gasteiger charge is 2.21. The van der Waals surface area contributed by atoms with Gasteiger partial charge in [0.15, 0.2) is 0 Å². The van der Waals surface area contributed by atoms with Gasteiger partial charge in [0.05, 0.1) is 5.69 Å². The number of terminal acetylenes is 1. The summed E-state index contributed by atoms with van der Waals surface area (Å²) in [6.45, 7) is 1.45. The molecule has 0 heterocycles. The highest BCUT2D eigenvalue weighted by molar-refractivity contribution is 7.92. The maximum absolute atomic E-state index is 14.0. The second kappa shape index (κ2) is 5.46. The third-order valence-corrected chi connectivity index (χ3v) is 4.19. The molecular weight excluding hydrogens is 291 g/mol. The maximum Gasteiger partial charge on any atom is 0.264 e. The van der Waals surface area contributed by atoms with E-state index in [0.29, 0.717) is 5.56 Å². The van der Waals surface area contributed by atoms with E-state index in [-0.39, 0.29) is 16.9 Å². The van der Waals surface area contributed by atoms with Crippen LogP contribution in [0.4, 0.5) is 15.8 Å². The molecule has 0 saturated heterocycles. The molecule has 4 nitrogen and oxygen atoms in total. The lowest BCUT2D eigenvalue weighted by Crippen LogP contribution is -2.15. The minimum atomic E-state index is -4.09. The fraction of sp³-hybridized carbons (Fsp3) is 0.0667. The Balaban J connectivity index is 2.46. The van der Waals surface area contributed by atoms with E-state index in [9.17, 15) is 12.8 Å². The van der Waals surface area contributed by atoms with Gasteiger partial charge in [-0.1, -0.05) is 12.0 Å². The van der Waals surface area contributed by atoms with E-state index in [4.69, 9.17) is 12.2 Å². The number of nitrogen functional groups attached to an aromatic ring is 1. The highest BCUT2D eigenvalue weighted by Crippen LogP contribution is 2.24. The third-order valence-electron chi connectivity index (χ3n) is 2.81. The molecule has 0 radical (unpaired) electrons. The summed E-state index contributed by atoms with van der Waals surface area (Å²) in [7, 11) is -4.09. The number of hydrogen-bond acceptors (Lipinski definition) is 3. The lowest BCUT2D eigenvalue weighted by molar-refractivity contribution is 0.565. The molecule has 2 aromatic rings. The number of nitrogens with one attached hydrogen (secondary N) is 1. The third kappa shape index (κ3) is 3.15. The van der Waals surface area contributed by atoms with Crippen molar-refractivity contribution in [3.63, 3.8) is 0 Å². The maximum atomic E-state index is 14.0. The lowest BCUT2D eigenvalue weighted by atomic mass is 10.2. The first-order valence-corrected chi connectivity index (χ1v) is 7.47. The summed E-state index contributed by atoms with van der Waals surface area (Å²) in [5, 5.41) is 0. The van der Waals surface area contributed by atoms with E-state index in [1.807, 2.05) is 0 Å². The molecule has 108 valence electrons. The van der Waals surface area contributed by atoms with Crippen LogP contribution in [0.25, 0.3) is 0 Å². The van der Waals surface area contributed by atoms with Crippen LogP contribution in [0.15, 0.2) is 41.3 Å². The molecule has 2 aromatic carbocycles. The van der Waals surface area contributed by atoms with Crippen molar-refractivity contribution in [3.05, 3.63) is 53.3 Å². The fourth-order valence-corrected chi connectivity index (χ4v) is 3.08. The Morgan fingerprint density at radius 1 is 1.29 bits per heavy atom. The Morgan fingerprint density at radius 2 is 2.00 bits per heavy atom. The number of benzene rings is 2. The molecule has 21 heavy (non-hydrogen) atoms. The molecule has 0 aliphatic heterocycles. The van der Waals surface area contributed by atoms with Crippen molar-refractivity contribution in [1.29, 1.82) is 0 Å². The van der Waals surface area contributed by atoms with Crippen molar-refractivity contribution in [3.8, 4) is 12.3 Å². The van der Waals surface area contributed by atoms with Crippen LogP contribution >= 0.6 is 0 Å². The normalized spacial score (nSPS) is 10.9. The molecule has 0 spiro atoms. The quantitative estimate of drug-likeness (QED) is 0.676. The van der Waals surface area contributed by atoms with Crippen LogP contribution in [-0.4, -0.2) is 8.42 Å². The number of sulfonamides is 1. The summed E-state index contributed by atoms with van der Waals surface area (Å²) < 4.78 is 40.8. The summed E-state index contributed by atoms with van der Waals surface area (Å²) in [6.07, 6.45) is 5.25. The second-order valence-electron chi connectivity index (χ2n) is 4.48. The van der Waals surface area contributed by atoms with Crippen LogP contribution < -0.4 is 10.5 Å². The van der Waals surface area contributed by atoms with E-state index >= 15 is 0 Å². The molecular formula is C15H13FN2O2S. The number of halogens is 1. The summed E-state index contributed by atoms with van der Waals surface area (Å²) in [5.74, 6) is 1.56. The van der Waals surface area contributed by atoms with Crippen LogP contribution in [0.1, 0.15) is 11.1 Å². The summed E-state index contributed by atoms with van der Waals surface area (Å²) in [6, 6.07) is 8.71. The number of anilines is 2.